The Balaban J connectivity index is 1.45. The summed E-state index contributed by atoms with van der Waals surface area (Å²) in [5.41, 5.74) is 2.08. The molecule has 0 radical (unpaired) electrons. The van der Waals surface area contributed by atoms with Crippen molar-refractivity contribution in [2.75, 3.05) is 5.32 Å². The van der Waals surface area contributed by atoms with Crippen molar-refractivity contribution in [1.82, 2.24) is 15.0 Å². The first kappa shape index (κ1) is 18.1. The highest BCUT2D eigenvalue weighted by atomic mass is 32.1. The van der Waals surface area contributed by atoms with E-state index < -0.39 is 0 Å². The van der Waals surface area contributed by atoms with E-state index in [1.807, 2.05) is 43.5 Å². The van der Waals surface area contributed by atoms with Gasteiger partial charge in [-0.3, -0.25) is 0 Å². The van der Waals surface area contributed by atoms with Gasteiger partial charge >= 0.3 is 0 Å². The van der Waals surface area contributed by atoms with Crippen LogP contribution in [0.5, 0.6) is 0 Å². The van der Waals surface area contributed by atoms with E-state index in [-0.39, 0.29) is 6.10 Å². The summed E-state index contributed by atoms with van der Waals surface area (Å²) in [5.74, 6) is 2.21. The van der Waals surface area contributed by atoms with Crippen LogP contribution in [0.15, 0.2) is 42.7 Å². The van der Waals surface area contributed by atoms with Crippen LogP contribution in [0.2, 0.25) is 0 Å². The number of aryl methyl sites for hydroxylation is 1. The van der Waals surface area contributed by atoms with E-state index >= 15 is 0 Å². The molecule has 140 valence electrons. The third-order valence-electron chi connectivity index (χ3n) is 5.01. The minimum Gasteiger partial charge on any atom is -0.393 e. The molecule has 0 spiro atoms. The van der Waals surface area contributed by atoms with Gasteiger partial charge in [-0.2, -0.15) is 0 Å². The fourth-order valence-corrected chi connectivity index (χ4v) is 4.50. The number of rotatable bonds is 5. The maximum Gasteiger partial charge on any atom is 0.132 e. The quantitative estimate of drug-likeness (QED) is 0.669. The molecule has 3 heterocycles. The van der Waals surface area contributed by atoms with Crippen molar-refractivity contribution in [3.8, 4) is 10.6 Å². The van der Waals surface area contributed by atoms with Crippen LogP contribution >= 0.6 is 11.3 Å². The summed E-state index contributed by atoms with van der Waals surface area (Å²) in [6, 6.07) is 9.94. The van der Waals surface area contributed by atoms with Crippen LogP contribution in [0.1, 0.15) is 36.3 Å². The molecule has 0 bridgehead atoms. The third-order valence-corrected chi connectivity index (χ3v) is 6.05. The highest BCUT2D eigenvalue weighted by Crippen LogP contribution is 2.31. The number of aliphatic hydroxyl groups is 1. The van der Waals surface area contributed by atoms with E-state index in [9.17, 15) is 5.11 Å². The number of nitrogens with one attached hydrogen (secondary N) is 1. The Morgan fingerprint density at radius 1 is 1.11 bits per heavy atom. The molecule has 2 N–H and O–H groups in total. The topological polar surface area (TPSA) is 70.9 Å². The Kier molecular flexibility index (Phi) is 5.45. The van der Waals surface area contributed by atoms with Crippen LogP contribution in [0.4, 0.5) is 11.6 Å². The predicted molar refractivity (Wildman–Crippen MR) is 109 cm³/mol. The van der Waals surface area contributed by atoms with Crippen molar-refractivity contribution < 1.29 is 5.11 Å². The molecule has 1 aliphatic rings. The Morgan fingerprint density at radius 3 is 2.78 bits per heavy atom. The van der Waals surface area contributed by atoms with Crippen molar-refractivity contribution in [1.29, 1.82) is 0 Å². The molecule has 0 unspecified atom stereocenters. The molecule has 4 rings (SSSR count). The van der Waals surface area contributed by atoms with Crippen molar-refractivity contribution in [3.63, 3.8) is 0 Å². The van der Waals surface area contributed by atoms with Crippen molar-refractivity contribution in [2.45, 2.75) is 45.1 Å². The van der Waals surface area contributed by atoms with Gasteiger partial charge in [-0.1, -0.05) is 6.07 Å². The predicted octanol–water partition coefficient (Wildman–Crippen LogP) is 4.75. The number of anilines is 2. The largest absolute Gasteiger partial charge is 0.393 e. The van der Waals surface area contributed by atoms with Gasteiger partial charge < -0.3 is 10.4 Å². The van der Waals surface area contributed by atoms with Gasteiger partial charge in [0.25, 0.3) is 0 Å². The molecule has 0 aliphatic heterocycles. The van der Waals surface area contributed by atoms with E-state index in [4.69, 9.17) is 4.98 Å². The minimum absolute atomic E-state index is 0.101. The second-order valence-electron chi connectivity index (χ2n) is 7.25. The van der Waals surface area contributed by atoms with E-state index in [0.29, 0.717) is 5.92 Å². The summed E-state index contributed by atoms with van der Waals surface area (Å²) in [6.45, 7) is 2.04. The zero-order valence-corrected chi connectivity index (χ0v) is 16.2. The molecule has 1 fully saturated rings. The van der Waals surface area contributed by atoms with Crippen LogP contribution in [0.25, 0.3) is 10.6 Å². The smallest absolute Gasteiger partial charge is 0.132 e. The maximum atomic E-state index is 9.66. The van der Waals surface area contributed by atoms with Crippen LogP contribution in [-0.4, -0.2) is 26.2 Å². The molecule has 5 nitrogen and oxygen atoms in total. The second-order valence-corrected chi connectivity index (χ2v) is 8.36. The molecule has 0 aromatic carbocycles. The lowest BCUT2D eigenvalue weighted by molar-refractivity contribution is 0.108. The Labute approximate surface area is 163 Å². The number of aromatic nitrogens is 3. The highest BCUT2D eigenvalue weighted by molar-refractivity contribution is 7.15. The molecule has 0 saturated heterocycles. The van der Waals surface area contributed by atoms with Crippen LogP contribution in [-0.2, 0) is 6.42 Å². The fourth-order valence-electron chi connectivity index (χ4n) is 3.50. The van der Waals surface area contributed by atoms with Gasteiger partial charge in [-0.25, -0.2) is 15.0 Å². The number of hydrogen-bond donors (Lipinski definition) is 2. The van der Waals surface area contributed by atoms with Gasteiger partial charge in [0.15, 0.2) is 0 Å². The molecule has 3 aromatic rings. The third kappa shape index (κ3) is 4.70. The Hall–Kier alpha value is -2.31. The van der Waals surface area contributed by atoms with Crippen molar-refractivity contribution in [3.05, 3.63) is 53.3 Å². The first-order valence-corrected chi connectivity index (χ1v) is 10.3. The van der Waals surface area contributed by atoms with E-state index in [0.717, 1.165) is 64.9 Å². The normalized spacial score (nSPS) is 19.8. The lowest BCUT2D eigenvalue weighted by Crippen LogP contribution is -2.19. The molecule has 3 aromatic heterocycles. The molecule has 1 aliphatic carbocycles. The average Bonchev–Trinajstić information content (AvgIpc) is 3.13. The first-order valence-electron chi connectivity index (χ1n) is 9.45. The SMILES string of the molecule is Cc1ccnc(Nc2cccc(-c3cnc(CC4CCC(O)CC4)s3)n2)c1. The molecular formula is C21H24N4OS. The van der Waals surface area contributed by atoms with Crippen molar-refractivity contribution in [2.24, 2.45) is 5.92 Å². The van der Waals surface area contributed by atoms with Gasteiger partial charge in [-0.15, -0.1) is 11.3 Å². The van der Waals surface area contributed by atoms with Crippen LogP contribution in [0.3, 0.4) is 0 Å². The van der Waals surface area contributed by atoms with Gasteiger partial charge in [-0.05, 0) is 68.4 Å². The van der Waals surface area contributed by atoms with E-state index in [2.05, 4.69) is 15.3 Å². The van der Waals surface area contributed by atoms with Crippen LogP contribution in [0, 0.1) is 12.8 Å². The average molecular weight is 381 g/mol. The second kappa shape index (κ2) is 8.15. The summed E-state index contributed by atoms with van der Waals surface area (Å²) in [6.07, 6.45) is 8.65. The monoisotopic (exact) mass is 380 g/mol. The Bertz CT molecular complexity index is 902. The molecule has 0 amide bonds. The zero-order chi connectivity index (χ0) is 18.6. The number of aliphatic hydroxyl groups excluding tert-OH is 1. The molecule has 27 heavy (non-hydrogen) atoms. The maximum absolute atomic E-state index is 9.66. The fraction of sp³-hybridized carbons (Fsp3) is 0.381. The summed E-state index contributed by atoms with van der Waals surface area (Å²) in [7, 11) is 0. The number of nitrogens with zero attached hydrogens (tertiary/aromatic N) is 3. The highest BCUT2D eigenvalue weighted by Gasteiger charge is 2.20. The van der Waals surface area contributed by atoms with Gasteiger partial charge in [0.2, 0.25) is 0 Å². The summed E-state index contributed by atoms with van der Waals surface area (Å²) in [5, 5.41) is 14.1. The minimum atomic E-state index is -0.101. The Morgan fingerprint density at radius 2 is 1.96 bits per heavy atom. The summed E-state index contributed by atoms with van der Waals surface area (Å²) < 4.78 is 0. The van der Waals surface area contributed by atoms with E-state index in [1.54, 1.807) is 17.5 Å². The van der Waals surface area contributed by atoms with Gasteiger partial charge in [0, 0.05) is 18.8 Å². The lowest BCUT2D eigenvalue weighted by Gasteiger charge is -2.24. The van der Waals surface area contributed by atoms with E-state index in [1.165, 1.54) is 0 Å². The number of hydrogen-bond acceptors (Lipinski definition) is 6. The first-order chi connectivity index (χ1) is 13.2. The van der Waals surface area contributed by atoms with Gasteiger partial charge in [0.05, 0.1) is 21.7 Å². The van der Waals surface area contributed by atoms with Crippen LogP contribution < -0.4 is 5.32 Å². The molecule has 6 heteroatoms. The molecule has 1 saturated carbocycles. The molecular weight excluding hydrogens is 356 g/mol. The standard InChI is InChI=1S/C21H24N4OS/c1-14-9-10-22-20(11-14)25-19-4-2-3-17(24-19)18-13-23-21(27-18)12-15-5-7-16(26)8-6-15/h2-4,9-11,13,15-16,26H,5-8,12H2,1H3,(H,22,24,25). The lowest BCUT2D eigenvalue weighted by atomic mass is 9.86. The summed E-state index contributed by atoms with van der Waals surface area (Å²) >= 11 is 1.72. The van der Waals surface area contributed by atoms with Crippen molar-refractivity contribution >= 4 is 23.0 Å². The number of thiazole rings is 1. The van der Waals surface area contributed by atoms with Gasteiger partial charge in [0.1, 0.15) is 11.6 Å². The summed E-state index contributed by atoms with van der Waals surface area (Å²) in [4.78, 5) is 14.8. The molecule has 0 atom stereocenters. The number of pyridine rings is 2. The zero-order valence-electron chi connectivity index (χ0n) is 15.4.